The summed E-state index contributed by atoms with van der Waals surface area (Å²) in [6.07, 6.45) is 8.18. The van der Waals surface area contributed by atoms with Crippen LogP contribution in [0.4, 0.5) is 0 Å². The number of Topliss-reactive ketones (excluding diaryl/α,β-unsaturated/α-hetero) is 1. The Balaban J connectivity index is 2.32. The van der Waals surface area contributed by atoms with E-state index in [9.17, 15) is 4.79 Å². The van der Waals surface area contributed by atoms with Crippen LogP contribution in [0.5, 0.6) is 0 Å². The van der Waals surface area contributed by atoms with E-state index in [-0.39, 0.29) is 5.92 Å². The van der Waals surface area contributed by atoms with Crippen molar-refractivity contribution in [3.63, 3.8) is 0 Å². The SMILES string of the molecule is CC(C)=C1C=C2CCCCC[C@@H]2C1=O. The first-order valence-electron chi connectivity index (χ1n) is 5.62. The Bertz CT molecular complexity index is 316. The van der Waals surface area contributed by atoms with E-state index in [1.165, 1.54) is 30.4 Å². The average Bonchev–Trinajstić information content (AvgIpc) is 2.37. The van der Waals surface area contributed by atoms with Crippen molar-refractivity contribution in [3.8, 4) is 0 Å². The maximum absolute atomic E-state index is 12.0. The average molecular weight is 190 g/mol. The van der Waals surface area contributed by atoms with Gasteiger partial charge in [-0.3, -0.25) is 4.79 Å². The molecule has 1 atom stereocenters. The minimum atomic E-state index is 0.252. The van der Waals surface area contributed by atoms with Crippen LogP contribution in [0.3, 0.4) is 0 Å². The second kappa shape index (κ2) is 3.72. The molecular weight excluding hydrogens is 172 g/mol. The molecule has 76 valence electrons. The molecule has 0 amide bonds. The van der Waals surface area contributed by atoms with Gasteiger partial charge in [-0.25, -0.2) is 0 Å². The van der Waals surface area contributed by atoms with E-state index in [1.807, 2.05) is 13.8 Å². The third-order valence-electron chi connectivity index (χ3n) is 3.36. The molecule has 0 bridgehead atoms. The molecule has 0 saturated heterocycles. The Morgan fingerprint density at radius 3 is 2.79 bits per heavy atom. The van der Waals surface area contributed by atoms with Gasteiger partial charge in [-0.2, -0.15) is 0 Å². The summed E-state index contributed by atoms with van der Waals surface area (Å²) < 4.78 is 0. The number of carbonyl (C=O) groups excluding carboxylic acids is 1. The smallest absolute Gasteiger partial charge is 0.169 e. The van der Waals surface area contributed by atoms with E-state index in [0.29, 0.717) is 5.78 Å². The molecular formula is C13H18O. The molecule has 0 aliphatic heterocycles. The molecule has 0 aromatic rings. The van der Waals surface area contributed by atoms with Gasteiger partial charge >= 0.3 is 0 Å². The number of ketones is 1. The predicted molar refractivity (Wildman–Crippen MR) is 58.0 cm³/mol. The van der Waals surface area contributed by atoms with Crippen LogP contribution < -0.4 is 0 Å². The maximum atomic E-state index is 12.0. The Hall–Kier alpha value is -0.850. The van der Waals surface area contributed by atoms with Gasteiger partial charge in [-0.1, -0.05) is 30.1 Å². The summed E-state index contributed by atoms with van der Waals surface area (Å²) in [5.41, 5.74) is 3.58. The van der Waals surface area contributed by atoms with Crippen molar-refractivity contribution in [3.05, 3.63) is 22.8 Å². The molecule has 0 unspecified atom stereocenters. The van der Waals surface area contributed by atoms with E-state index in [0.717, 1.165) is 18.4 Å². The summed E-state index contributed by atoms with van der Waals surface area (Å²) in [6.45, 7) is 4.07. The second-order valence-corrected chi connectivity index (χ2v) is 4.65. The largest absolute Gasteiger partial charge is 0.294 e. The topological polar surface area (TPSA) is 17.1 Å². The van der Waals surface area contributed by atoms with Gasteiger partial charge < -0.3 is 0 Å². The molecule has 0 heterocycles. The minimum absolute atomic E-state index is 0.252. The molecule has 2 rings (SSSR count). The van der Waals surface area contributed by atoms with Gasteiger partial charge in [0.1, 0.15) is 0 Å². The number of carbonyl (C=O) groups is 1. The Labute approximate surface area is 85.9 Å². The van der Waals surface area contributed by atoms with Crippen LogP contribution in [0, 0.1) is 5.92 Å². The number of fused-ring (bicyclic) bond motifs is 1. The molecule has 1 heteroatoms. The fourth-order valence-electron chi connectivity index (χ4n) is 2.52. The van der Waals surface area contributed by atoms with E-state index in [4.69, 9.17) is 0 Å². The zero-order chi connectivity index (χ0) is 10.1. The van der Waals surface area contributed by atoms with Crippen molar-refractivity contribution in [2.24, 2.45) is 5.92 Å². The summed E-state index contributed by atoms with van der Waals surface area (Å²) in [4.78, 5) is 12.0. The van der Waals surface area contributed by atoms with Gasteiger partial charge in [0, 0.05) is 11.5 Å². The van der Waals surface area contributed by atoms with Crippen LogP contribution in [0.1, 0.15) is 46.0 Å². The maximum Gasteiger partial charge on any atom is 0.169 e. The number of allylic oxidation sites excluding steroid dienone is 4. The minimum Gasteiger partial charge on any atom is -0.294 e. The summed E-state index contributed by atoms with van der Waals surface area (Å²) in [7, 11) is 0. The summed E-state index contributed by atoms with van der Waals surface area (Å²) >= 11 is 0. The van der Waals surface area contributed by atoms with Gasteiger partial charge in [0.05, 0.1) is 0 Å². The van der Waals surface area contributed by atoms with Gasteiger partial charge in [0.2, 0.25) is 0 Å². The van der Waals surface area contributed by atoms with Gasteiger partial charge in [0.25, 0.3) is 0 Å². The lowest BCUT2D eigenvalue weighted by molar-refractivity contribution is -0.117. The van der Waals surface area contributed by atoms with Crippen molar-refractivity contribution in [1.82, 2.24) is 0 Å². The standard InChI is InChI=1S/C13H18O/c1-9(2)12-8-10-6-4-3-5-7-11(10)13(12)14/h8,11H,3-7H2,1-2H3/t11-/m0/s1. The number of hydrogen-bond donors (Lipinski definition) is 0. The van der Waals surface area contributed by atoms with Crippen LogP contribution in [0.2, 0.25) is 0 Å². The van der Waals surface area contributed by atoms with E-state index in [2.05, 4.69) is 6.08 Å². The van der Waals surface area contributed by atoms with Crippen molar-refractivity contribution in [2.45, 2.75) is 46.0 Å². The zero-order valence-corrected chi connectivity index (χ0v) is 9.10. The molecule has 1 saturated carbocycles. The van der Waals surface area contributed by atoms with Crippen molar-refractivity contribution in [2.75, 3.05) is 0 Å². The normalized spacial score (nSPS) is 27.0. The number of rotatable bonds is 0. The molecule has 2 aliphatic carbocycles. The van der Waals surface area contributed by atoms with Crippen LogP contribution in [0.15, 0.2) is 22.8 Å². The monoisotopic (exact) mass is 190 g/mol. The molecule has 0 aromatic carbocycles. The highest BCUT2D eigenvalue weighted by Gasteiger charge is 2.31. The summed E-state index contributed by atoms with van der Waals surface area (Å²) in [6, 6.07) is 0. The molecule has 14 heavy (non-hydrogen) atoms. The van der Waals surface area contributed by atoms with E-state index >= 15 is 0 Å². The lowest BCUT2D eigenvalue weighted by Crippen LogP contribution is -2.11. The molecule has 0 aromatic heterocycles. The molecule has 1 nitrogen and oxygen atoms in total. The summed E-state index contributed by atoms with van der Waals surface area (Å²) in [5, 5.41) is 0. The fourth-order valence-corrected chi connectivity index (χ4v) is 2.52. The first-order chi connectivity index (χ1) is 6.70. The predicted octanol–water partition coefficient (Wildman–Crippen LogP) is 3.41. The summed E-state index contributed by atoms with van der Waals surface area (Å²) in [5.74, 6) is 0.643. The second-order valence-electron chi connectivity index (χ2n) is 4.65. The third kappa shape index (κ3) is 1.56. The molecule has 0 N–H and O–H groups in total. The zero-order valence-electron chi connectivity index (χ0n) is 9.10. The molecule has 0 spiro atoms. The van der Waals surface area contributed by atoms with E-state index < -0.39 is 0 Å². The Morgan fingerprint density at radius 2 is 2.07 bits per heavy atom. The third-order valence-corrected chi connectivity index (χ3v) is 3.36. The van der Waals surface area contributed by atoms with Crippen LogP contribution >= 0.6 is 0 Å². The van der Waals surface area contributed by atoms with Crippen molar-refractivity contribution >= 4 is 5.78 Å². The van der Waals surface area contributed by atoms with Gasteiger partial charge in [-0.05, 0) is 33.1 Å². The Kier molecular flexibility index (Phi) is 2.58. The van der Waals surface area contributed by atoms with Gasteiger partial charge in [0.15, 0.2) is 5.78 Å². The Morgan fingerprint density at radius 1 is 1.29 bits per heavy atom. The fraction of sp³-hybridized carbons (Fsp3) is 0.615. The molecule has 1 fully saturated rings. The van der Waals surface area contributed by atoms with Crippen LogP contribution in [-0.2, 0) is 4.79 Å². The first-order valence-corrected chi connectivity index (χ1v) is 5.62. The van der Waals surface area contributed by atoms with Crippen LogP contribution in [-0.4, -0.2) is 5.78 Å². The van der Waals surface area contributed by atoms with Gasteiger partial charge in [-0.15, -0.1) is 0 Å². The number of hydrogen-bond acceptors (Lipinski definition) is 1. The lowest BCUT2D eigenvalue weighted by Gasteiger charge is -2.08. The lowest BCUT2D eigenvalue weighted by atomic mass is 9.94. The molecule has 2 aliphatic rings. The van der Waals surface area contributed by atoms with E-state index in [1.54, 1.807) is 0 Å². The van der Waals surface area contributed by atoms with Crippen molar-refractivity contribution in [1.29, 1.82) is 0 Å². The highest BCUT2D eigenvalue weighted by molar-refractivity contribution is 6.05. The first kappa shape index (κ1) is 9.70. The van der Waals surface area contributed by atoms with Crippen molar-refractivity contribution < 1.29 is 4.79 Å². The quantitative estimate of drug-likeness (QED) is 0.535. The van der Waals surface area contributed by atoms with Crippen LogP contribution in [0.25, 0.3) is 0 Å². The highest BCUT2D eigenvalue weighted by atomic mass is 16.1. The highest BCUT2D eigenvalue weighted by Crippen LogP contribution is 2.37. The molecule has 0 radical (unpaired) electrons.